The molecule has 0 unspecified atom stereocenters. The van der Waals surface area contributed by atoms with Gasteiger partial charge in [0.15, 0.2) is 0 Å². The summed E-state index contributed by atoms with van der Waals surface area (Å²) in [6, 6.07) is 4.37. The summed E-state index contributed by atoms with van der Waals surface area (Å²) in [4.78, 5) is 23.3. The molecule has 0 radical (unpaired) electrons. The number of carboxylic acids is 1. The zero-order chi connectivity index (χ0) is 15.4. The summed E-state index contributed by atoms with van der Waals surface area (Å²) < 4.78 is 0. The van der Waals surface area contributed by atoms with Crippen molar-refractivity contribution in [2.24, 2.45) is 0 Å². The van der Waals surface area contributed by atoms with Gasteiger partial charge in [-0.3, -0.25) is 10.1 Å². The molecule has 1 aliphatic carbocycles. The van der Waals surface area contributed by atoms with Gasteiger partial charge in [-0.25, -0.2) is 4.79 Å². The number of aliphatic hydroxyl groups is 1. The van der Waals surface area contributed by atoms with Gasteiger partial charge in [0.1, 0.15) is 5.56 Å². The summed E-state index contributed by atoms with van der Waals surface area (Å²) in [7, 11) is 0. The van der Waals surface area contributed by atoms with Crippen LogP contribution in [0.15, 0.2) is 18.2 Å². The maximum absolute atomic E-state index is 11.1. The van der Waals surface area contributed by atoms with Crippen molar-refractivity contribution in [3.63, 3.8) is 0 Å². The number of nitro benzene ring substituents is 1. The number of nitro groups is 1. The Morgan fingerprint density at radius 1 is 1.38 bits per heavy atom. The van der Waals surface area contributed by atoms with Gasteiger partial charge in [-0.2, -0.15) is 0 Å². The fraction of sp³-hybridized carbons (Fsp3) is 0.500. The minimum absolute atomic E-state index is 0.0506. The molecule has 1 saturated carbocycles. The lowest BCUT2D eigenvalue weighted by molar-refractivity contribution is -0.385. The SMILES string of the molecule is O=C(O)c1ccc(N(CCO)C2CCCC2)cc1[N+](=O)[O-]. The van der Waals surface area contributed by atoms with E-state index in [9.17, 15) is 20.0 Å². The zero-order valence-electron chi connectivity index (χ0n) is 11.6. The van der Waals surface area contributed by atoms with Gasteiger partial charge in [0, 0.05) is 24.3 Å². The molecule has 1 aliphatic rings. The molecule has 7 heteroatoms. The van der Waals surface area contributed by atoms with Crippen LogP contribution in [0.4, 0.5) is 11.4 Å². The molecule has 1 aromatic rings. The molecule has 114 valence electrons. The van der Waals surface area contributed by atoms with Gasteiger partial charge in [0.05, 0.1) is 11.5 Å². The van der Waals surface area contributed by atoms with E-state index in [1.807, 2.05) is 4.90 Å². The second kappa shape index (κ2) is 6.53. The van der Waals surface area contributed by atoms with Crippen molar-refractivity contribution in [3.8, 4) is 0 Å². The van der Waals surface area contributed by atoms with Gasteiger partial charge < -0.3 is 15.1 Å². The van der Waals surface area contributed by atoms with Crippen LogP contribution in [0, 0.1) is 10.1 Å². The molecule has 0 atom stereocenters. The van der Waals surface area contributed by atoms with Crippen LogP contribution in [0.3, 0.4) is 0 Å². The van der Waals surface area contributed by atoms with Crippen molar-refractivity contribution in [2.45, 2.75) is 31.7 Å². The Balaban J connectivity index is 2.38. The Bertz CT molecular complexity index is 540. The smallest absolute Gasteiger partial charge is 0.342 e. The second-order valence-corrected chi connectivity index (χ2v) is 5.12. The number of carbonyl (C=O) groups is 1. The summed E-state index contributed by atoms with van der Waals surface area (Å²) in [6.07, 6.45) is 4.16. The van der Waals surface area contributed by atoms with Crippen LogP contribution in [0.25, 0.3) is 0 Å². The van der Waals surface area contributed by atoms with E-state index in [1.54, 1.807) is 6.07 Å². The lowest BCUT2D eigenvalue weighted by atomic mass is 10.1. The minimum Gasteiger partial charge on any atom is -0.477 e. The fourth-order valence-corrected chi connectivity index (χ4v) is 2.88. The van der Waals surface area contributed by atoms with Crippen molar-refractivity contribution >= 4 is 17.3 Å². The second-order valence-electron chi connectivity index (χ2n) is 5.12. The van der Waals surface area contributed by atoms with E-state index >= 15 is 0 Å². The van der Waals surface area contributed by atoms with Gasteiger partial charge in [0.2, 0.25) is 0 Å². The van der Waals surface area contributed by atoms with Gasteiger partial charge in [0.25, 0.3) is 5.69 Å². The molecule has 2 N–H and O–H groups in total. The monoisotopic (exact) mass is 294 g/mol. The van der Waals surface area contributed by atoms with Crippen LogP contribution in [0.1, 0.15) is 36.0 Å². The molecule has 0 heterocycles. The average Bonchev–Trinajstić information content (AvgIpc) is 2.97. The summed E-state index contributed by atoms with van der Waals surface area (Å²) >= 11 is 0. The number of benzene rings is 1. The quantitative estimate of drug-likeness (QED) is 0.614. The lowest BCUT2D eigenvalue weighted by Crippen LogP contribution is -2.35. The highest BCUT2D eigenvalue weighted by atomic mass is 16.6. The number of hydrogen-bond acceptors (Lipinski definition) is 5. The number of hydrogen-bond donors (Lipinski definition) is 2. The molecule has 1 fully saturated rings. The number of nitrogens with zero attached hydrogens (tertiary/aromatic N) is 2. The van der Waals surface area contributed by atoms with Crippen LogP contribution in [0.5, 0.6) is 0 Å². The molecule has 0 spiro atoms. The first kappa shape index (κ1) is 15.2. The molecule has 0 aliphatic heterocycles. The van der Waals surface area contributed by atoms with Crippen LogP contribution in [0.2, 0.25) is 0 Å². The zero-order valence-corrected chi connectivity index (χ0v) is 11.6. The van der Waals surface area contributed by atoms with E-state index in [2.05, 4.69) is 0 Å². The molecule has 0 aromatic heterocycles. The highest BCUT2D eigenvalue weighted by Crippen LogP contribution is 2.31. The van der Waals surface area contributed by atoms with Gasteiger partial charge in [-0.1, -0.05) is 12.8 Å². The number of aromatic carboxylic acids is 1. The maximum atomic E-state index is 11.1. The first-order valence-corrected chi connectivity index (χ1v) is 6.94. The topological polar surface area (TPSA) is 104 Å². The molecule has 2 rings (SSSR count). The molecule has 1 aromatic carbocycles. The Kier molecular flexibility index (Phi) is 4.74. The predicted molar refractivity (Wildman–Crippen MR) is 76.7 cm³/mol. The van der Waals surface area contributed by atoms with Crippen LogP contribution >= 0.6 is 0 Å². The third kappa shape index (κ3) is 3.30. The third-order valence-corrected chi connectivity index (χ3v) is 3.85. The van der Waals surface area contributed by atoms with Crippen LogP contribution in [-0.2, 0) is 0 Å². The summed E-state index contributed by atoms with van der Waals surface area (Å²) in [6.45, 7) is 0.333. The molecule has 0 bridgehead atoms. The first-order valence-electron chi connectivity index (χ1n) is 6.94. The van der Waals surface area contributed by atoms with Crippen LogP contribution in [-0.4, -0.2) is 40.3 Å². The number of rotatable bonds is 6. The normalized spacial score (nSPS) is 15.1. The number of aliphatic hydroxyl groups excluding tert-OH is 1. The number of carboxylic acid groups (broad SMARTS) is 1. The van der Waals surface area contributed by atoms with Gasteiger partial charge in [-0.05, 0) is 25.0 Å². The van der Waals surface area contributed by atoms with E-state index in [4.69, 9.17) is 5.11 Å². The molecule has 0 saturated heterocycles. The first-order chi connectivity index (χ1) is 10.0. The maximum Gasteiger partial charge on any atom is 0.342 e. The summed E-state index contributed by atoms with van der Waals surface area (Å²) in [5.74, 6) is -1.32. The molecule has 21 heavy (non-hydrogen) atoms. The average molecular weight is 294 g/mol. The third-order valence-electron chi connectivity index (χ3n) is 3.85. The Morgan fingerprint density at radius 2 is 2.05 bits per heavy atom. The fourth-order valence-electron chi connectivity index (χ4n) is 2.88. The Morgan fingerprint density at radius 3 is 2.57 bits per heavy atom. The van der Waals surface area contributed by atoms with Crippen molar-refractivity contribution < 1.29 is 19.9 Å². The Hall–Kier alpha value is -2.15. The standard InChI is InChI=1S/C14H18N2O5/c17-8-7-15(10-3-1-2-4-10)11-5-6-12(14(18)19)13(9-11)16(20)21/h5-6,9-10,17H,1-4,7-8H2,(H,18,19). The highest BCUT2D eigenvalue weighted by Gasteiger charge is 2.26. The van der Waals surface area contributed by atoms with E-state index in [1.165, 1.54) is 12.1 Å². The lowest BCUT2D eigenvalue weighted by Gasteiger charge is -2.30. The van der Waals surface area contributed by atoms with Crippen molar-refractivity contribution in [2.75, 3.05) is 18.1 Å². The highest BCUT2D eigenvalue weighted by molar-refractivity contribution is 5.93. The van der Waals surface area contributed by atoms with E-state index in [0.29, 0.717) is 12.2 Å². The van der Waals surface area contributed by atoms with Crippen molar-refractivity contribution in [3.05, 3.63) is 33.9 Å². The molecule has 7 nitrogen and oxygen atoms in total. The van der Waals surface area contributed by atoms with E-state index in [-0.39, 0.29) is 18.2 Å². The molecular formula is C14H18N2O5. The van der Waals surface area contributed by atoms with Crippen LogP contribution < -0.4 is 4.90 Å². The molecular weight excluding hydrogens is 276 g/mol. The van der Waals surface area contributed by atoms with E-state index < -0.39 is 16.6 Å². The van der Waals surface area contributed by atoms with Crippen molar-refractivity contribution in [1.82, 2.24) is 0 Å². The van der Waals surface area contributed by atoms with E-state index in [0.717, 1.165) is 25.7 Å². The largest absolute Gasteiger partial charge is 0.477 e. The summed E-state index contributed by atoms with van der Waals surface area (Å²) in [5, 5.41) is 29.3. The predicted octanol–water partition coefficient (Wildman–Crippen LogP) is 2.03. The molecule has 0 amide bonds. The van der Waals surface area contributed by atoms with Gasteiger partial charge in [-0.15, -0.1) is 0 Å². The summed E-state index contributed by atoms with van der Waals surface area (Å²) in [5.41, 5.74) is -0.146. The minimum atomic E-state index is -1.32. The van der Waals surface area contributed by atoms with Gasteiger partial charge >= 0.3 is 5.97 Å². The number of anilines is 1. The van der Waals surface area contributed by atoms with Crippen molar-refractivity contribution in [1.29, 1.82) is 0 Å². The Labute approximate surface area is 122 Å².